The van der Waals surface area contributed by atoms with E-state index in [-0.39, 0.29) is 0 Å². The molecule has 3 aromatic heterocycles. The summed E-state index contributed by atoms with van der Waals surface area (Å²) in [5, 5.41) is 6.22. The summed E-state index contributed by atoms with van der Waals surface area (Å²) in [6, 6.07) is 69.3. The summed E-state index contributed by atoms with van der Waals surface area (Å²) in [5.41, 5.74) is 12.1. The van der Waals surface area contributed by atoms with Gasteiger partial charge in [0.05, 0.1) is 11.1 Å². The maximum atomic E-state index is 6.61. The van der Waals surface area contributed by atoms with Gasteiger partial charge in [-0.15, -0.1) is 0 Å². The summed E-state index contributed by atoms with van der Waals surface area (Å²) < 4.78 is 13.2. The maximum Gasteiger partial charge on any atom is 0.167 e. The van der Waals surface area contributed by atoms with Gasteiger partial charge in [-0.2, -0.15) is 0 Å². The quantitative estimate of drug-likeness (QED) is 0.169. The summed E-state index contributed by atoms with van der Waals surface area (Å²) in [6.07, 6.45) is 0. The highest BCUT2D eigenvalue weighted by Gasteiger charge is 2.24. The van der Waals surface area contributed by atoms with Crippen LogP contribution in [0.4, 0.5) is 0 Å². The lowest BCUT2D eigenvalue weighted by molar-refractivity contribution is 0.669. The molecule has 5 nitrogen and oxygen atoms in total. The normalized spacial score (nSPS) is 11.7. The maximum absolute atomic E-state index is 6.61. The molecule has 0 aliphatic heterocycles. The van der Waals surface area contributed by atoms with Crippen molar-refractivity contribution in [1.82, 2.24) is 15.0 Å². The molecule has 0 spiro atoms. The van der Waals surface area contributed by atoms with Gasteiger partial charge < -0.3 is 8.83 Å². The predicted octanol–water partition coefficient (Wildman–Crippen LogP) is 14.8. The average molecular weight is 768 g/mol. The van der Waals surface area contributed by atoms with E-state index in [0.29, 0.717) is 17.5 Å². The van der Waals surface area contributed by atoms with E-state index in [0.717, 1.165) is 99.2 Å². The largest absolute Gasteiger partial charge is 0.455 e. The fourth-order valence-electron chi connectivity index (χ4n) is 8.76. The third kappa shape index (κ3) is 5.52. The molecular weight excluding hydrogens is 735 g/mol. The number of para-hydroxylation sites is 4. The van der Waals surface area contributed by atoms with Crippen LogP contribution >= 0.6 is 0 Å². The lowest BCUT2D eigenvalue weighted by atomic mass is 9.88. The number of rotatable bonds is 6. The van der Waals surface area contributed by atoms with Crippen LogP contribution < -0.4 is 0 Å². The number of hydrogen-bond acceptors (Lipinski definition) is 5. The fraction of sp³-hybridized carbons (Fsp3) is 0. The van der Waals surface area contributed by atoms with Gasteiger partial charge in [0.2, 0.25) is 0 Å². The monoisotopic (exact) mass is 767 g/mol. The van der Waals surface area contributed by atoms with Crippen molar-refractivity contribution in [2.24, 2.45) is 0 Å². The van der Waals surface area contributed by atoms with Crippen LogP contribution in [0.2, 0.25) is 0 Å². The molecule has 0 radical (unpaired) electrons. The minimum Gasteiger partial charge on any atom is -0.455 e. The van der Waals surface area contributed by atoms with Crippen molar-refractivity contribution in [1.29, 1.82) is 0 Å². The Hall–Kier alpha value is -8.15. The molecule has 9 aromatic carbocycles. The molecule has 5 heteroatoms. The molecule has 60 heavy (non-hydrogen) atoms. The highest BCUT2D eigenvalue weighted by atomic mass is 16.3. The Labute approximate surface area is 344 Å². The third-order valence-electron chi connectivity index (χ3n) is 11.6. The zero-order chi connectivity index (χ0) is 39.6. The first-order chi connectivity index (χ1) is 29.7. The van der Waals surface area contributed by atoms with Crippen molar-refractivity contribution >= 4 is 54.6 Å². The van der Waals surface area contributed by atoms with E-state index in [2.05, 4.69) is 133 Å². The van der Waals surface area contributed by atoms with Gasteiger partial charge in [0.1, 0.15) is 22.3 Å². The SMILES string of the molecule is c1ccc(-c2ccc(-c3ccc4cccc(-c5ccccc5)c4c3-c3nc(-c4cccc5c4oc4ccccc45)nc(-c4cccc5c4oc4ccccc45)n3)cc2)cc1. The van der Waals surface area contributed by atoms with Gasteiger partial charge in [0, 0.05) is 32.5 Å². The van der Waals surface area contributed by atoms with Crippen LogP contribution in [-0.4, -0.2) is 15.0 Å². The first kappa shape index (κ1) is 33.9. The van der Waals surface area contributed by atoms with Crippen molar-refractivity contribution < 1.29 is 8.83 Å². The number of nitrogens with zero attached hydrogens (tertiary/aromatic N) is 3. The van der Waals surface area contributed by atoms with Crippen molar-refractivity contribution in [3.63, 3.8) is 0 Å². The molecule has 0 unspecified atom stereocenters. The topological polar surface area (TPSA) is 65.0 Å². The molecule has 0 atom stereocenters. The summed E-state index contributed by atoms with van der Waals surface area (Å²) in [7, 11) is 0. The van der Waals surface area contributed by atoms with Gasteiger partial charge in [-0.3, -0.25) is 0 Å². The fourth-order valence-corrected chi connectivity index (χ4v) is 8.76. The van der Waals surface area contributed by atoms with Crippen LogP contribution in [-0.2, 0) is 0 Å². The molecule has 280 valence electrons. The Morgan fingerprint density at radius 2 is 0.733 bits per heavy atom. The number of fused-ring (bicyclic) bond motifs is 7. The summed E-state index contributed by atoms with van der Waals surface area (Å²) >= 11 is 0. The lowest BCUT2D eigenvalue weighted by Crippen LogP contribution is -2.02. The van der Waals surface area contributed by atoms with E-state index in [1.54, 1.807) is 0 Å². The van der Waals surface area contributed by atoms with Crippen molar-refractivity contribution in [3.8, 4) is 67.5 Å². The van der Waals surface area contributed by atoms with Crippen LogP contribution in [0.3, 0.4) is 0 Å². The van der Waals surface area contributed by atoms with Crippen LogP contribution in [0.25, 0.3) is 122 Å². The molecule has 0 aliphatic rings. The van der Waals surface area contributed by atoms with Gasteiger partial charge in [-0.1, -0.05) is 176 Å². The van der Waals surface area contributed by atoms with E-state index in [1.165, 1.54) is 5.56 Å². The highest BCUT2D eigenvalue weighted by Crippen LogP contribution is 2.44. The average Bonchev–Trinajstić information content (AvgIpc) is 3.90. The number of benzene rings is 9. The lowest BCUT2D eigenvalue weighted by Gasteiger charge is -2.18. The van der Waals surface area contributed by atoms with E-state index in [1.807, 2.05) is 66.7 Å². The van der Waals surface area contributed by atoms with Gasteiger partial charge >= 0.3 is 0 Å². The second kappa shape index (κ2) is 13.8. The Morgan fingerprint density at radius 1 is 0.283 bits per heavy atom. The number of hydrogen-bond donors (Lipinski definition) is 0. The molecule has 12 rings (SSSR count). The molecule has 12 aromatic rings. The smallest absolute Gasteiger partial charge is 0.167 e. The zero-order valence-electron chi connectivity index (χ0n) is 32.2. The molecule has 0 amide bonds. The second-order valence-corrected chi connectivity index (χ2v) is 15.1. The zero-order valence-corrected chi connectivity index (χ0v) is 32.2. The molecule has 0 saturated heterocycles. The van der Waals surface area contributed by atoms with Crippen molar-refractivity contribution in [2.75, 3.05) is 0 Å². The summed E-state index contributed by atoms with van der Waals surface area (Å²) in [4.78, 5) is 16.2. The molecule has 0 fully saturated rings. The number of furan rings is 2. The second-order valence-electron chi connectivity index (χ2n) is 15.1. The van der Waals surface area contributed by atoms with Crippen LogP contribution in [0, 0.1) is 0 Å². The molecule has 3 heterocycles. The van der Waals surface area contributed by atoms with Crippen molar-refractivity contribution in [2.45, 2.75) is 0 Å². The Kier molecular flexibility index (Phi) is 7.78. The van der Waals surface area contributed by atoms with E-state index in [4.69, 9.17) is 23.8 Å². The first-order valence-corrected chi connectivity index (χ1v) is 20.1. The Morgan fingerprint density at radius 3 is 1.35 bits per heavy atom. The minimum absolute atomic E-state index is 0.507. The van der Waals surface area contributed by atoms with Crippen LogP contribution in [0.5, 0.6) is 0 Å². The molecule has 0 N–H and O–H groups in total. The van der Waals surface area contributed by atoms with E-state index < -0.39 is 0 Å². The van der Waals surface area contributed by atoms with Gasteiger partial charge in [-0.05, 0) is 63.0 Å². The van der Waals surface area contributed by atoms with Gasteiger partial charge in [0.15, 0.2) is 17.5 Å². The molecule has 0 aliphatic carbocycles. The molecule has 0 saturated carbocycles. The summed E-state index contributed by atoms with van der Waals surface area (Å²) in [5.74, 6) is 1.56. The Balaban J connectivity index is 1.18. The van der Waals surface area contributed by atoms with E-state index >= 15 is 0 Å². The highest BCUT2D eigenvalue weighted by molar-refractivity contribution is 6.13. The Bertz CT molecular complexity index is 3460. The standard InChI is InChI=1S/C55H33N3O2/c1-3-14-34(15-4-1)35-28-30-37(31-29-35)40-33-32-38-18-11-21-39(36-16-5-2-6-17-36)49(38)50(40)55-57-53(45-24-12-22-43-41-19-7-9-26-47(41)59-51(43)45)56-54(58-55)46-25-13-23-44-42-20-8-10-27-48(42)60-52(44)46/h1-33H. The van der Waals surface area contributed by atoms with Crippen molar-refractivity contribution in [3.05, 3.63) is 200 Å². The van der Waals surface area contributed by atoms with E-state index in [9.17, 15) is 0 Å². The van der Waals surface area contributed by atoms with Crippen LogP contribution in [0.15, 0.2) is 209 Å². The van der Waals surface area contributed by atoms with Gasteiger partial charge in [-0.25, -0.2) is 15.0 Å². The molecule has 0 bridgehead atoms. The molecular formula is C55H33N3O2. The summed E-state index contributed by atoms with van der Waals surface area (Å²) in [6.45, 7) is 0. The first-order valence-electron chi connectivity index (χ1n) is 20.1. The minimum atomic E-state index is 0.507. The third-order valence-corrected chi connectivity index (χ3v) is 11.6. The van der Waals surface area contributed by atoms with Crippen LogP contribution in [0.1, 0.15) is 0 Å². The van der Waals surface area contributed by atoms with Gasteiger partial charge in [0.25, 0.3) is 0 Å². The predicted molar refractivity (Wildman–Crippen MR) is 245 cm³/mol. The number of aromatic nitrogens is 3.